The molecule has 0 atom stereocenters. The van der Waals surface area contributed by atoms with Crippen molar-refractivity contribution in [3.63, 3.8) is 0 Å². The number of hydrazone groups is 1. The molecule has 0 aromatic heterocycles. The first kappa shape index (κ1) is 16.0. The third-order valence-electron chi connectivity index (χ3n) is 2.99. The molecule has 114 valence electrons. The number of nitrogens with zero attached hydrogens (tertiary/aromatic N) is 1. The van der Waals surface area contributed by atoms with Crippen molar-refractivity contribution in [2.24, 2.45) is 5.10 Å². The number of rotatable bonds is 5. The van der Waals surface area contributed by atoms with E-state index in [9.17, 15) is 8.42 Å². The van der Waals surface area contributed by atoms with Gasteiger partial charge in [0.2, 0.25) is 0 Å². The lowest BCUT2D eigenvalue weighted by Gasteiger charge is -2.04. The summed E-state index contributed by atoms with van der Waals surface area (Å²) in [7, 11) is -3.63. The standard InChI is InChI=1S/C17H18N2O2S/c1-14-8-12-17(13-9-14)22(20,21)19-18-15(2)10-11-16-6-4-3-5-7-16/h3-13,19H,1-2H3/b11-10+,18-15-. The molecule has 0 spiro atoms. The average Bonchev–Trinajstić information content (AvgIpc) is 2.52. The van der Waals surface area contributed by atoms with Crippen LogP contribution in [-0.4, -0.2) is 14.1 Å². The van der Waals surface area contributed by atoms with Crippen LogP contribution in [0, 0.1) is 6.92 Å². The number of hydrogen-bond acceptors (Lipinski definition) is 3. The second-order valence-corrected chi connectivity index (χ2v) is 6.57. The lowest BCUT2D eigenvalue weighted by atomic mass is 10.2. The van der Waals surface area contributed by atoms with Crippen molar-refractivity contribution >= 4 is 21.8 Å². The zero-order chi connectivity index (χ0) is 16.0. The van der Waals surface area contributed by atoms with Gasteiger partial charge in [0.05, 0.1) is 10.6 Å². The van der Waals surface area contributed by atoms with Crippen molar-refractivity contribution < 1.29 is 8.42 Å². The minimum atomic E-state index is -3.63. The molecule has 0 bridgehead atoms. The van der Waals surface area contributed by atoms with Gasteiger partial charge in [-0.3, -0.25) is 0 Å². The molecule has 0 aliphatic heterocycles. The lowest BCUT2D eigenvalue weighted by Crippen LogP contribution is -2.19. The first-order chi connectivity index (χ1) is 10.5. The highest BCUT2D eigenvalue weighted by molar-refractivity contribution is 7.89. The highest BCUT2D eigenvalue weighted by atomic mass is 32.2. The summed E-state index contributed by atoms with van der Waals surface area (Å²) in [5.41, 5.74) is 2.60. The fourth-order valence-corrected chi connectivity index (χ4v) is 2.58. The van der Waals surface area contributed by atoms with E-state index in [2.05, 4.69) is 9.93 Å². The molecule has 4 nitrogen and oxygen atoms in total. The number of benzene rings is 2. The maximum atomic E-state index is 12.1. The molecule has 0 aliphatic carbocycles. The van der Waals surface area contributed by atoms with Crippen LogP contribution in [0.4, 0.5) is 0 Å². The van der Waals surface area contributed by atoms with Crippen LogP contribution < -0.4 is 4.83 Å². The fraction of sp³-hybridized carbons (Fsp3) is 0.118. The summed E-state index contributed by atoms with van der Waals surface area (Å²) in [5, 5.41) is 3.90. The van der Waals surface area contributed by atoms with E-state index in [1.807, 2.05) is 43.3 Å². The number of aryl methyl sites for hydroxylation is 1. The molecule has 0 saturated carbocycles. The van der Waals surface area contributed by atoms with Gasteiger partial charge in [0, 0.05) is 0 Å². The highest BCUT2D eigenvalue weighted by Crippen LogP contribution is 2.09. The van der Waals surface area contributed by atoms with E-state index in [4.69, 9.17) is 0 Å². The van der Waals surface area contributed by atoms with Crippen LogP contribution in [0.3, 0.4) is 0 Å². The van der Waals surface area contributed by atoms with Crippen molar-refractivity contribution in [1.82, 2.24) is 4.83 Å². The van der Waals surface area contributed by atoms with Crippen molar-refractivity contribution in [2.45, 2.75) is 18.7 Å². The Labute approximate surface area is 131 Å². The van der Waals surface area contributed by atoms with Crippen LogP contribution in [-0.2, 0) is 10.0 Å². The molecular weight excluding hydrogens is 296 g/mol. The summed E-state index contributed by atoms with van der Waals surface area (Å²) in [4.78, 5) is 2.44. The molecule has 5 heteroatoms. The van der Waals surface area contributed by atoms with E-state index in [1.165, 1.54) is 0 Å². The summed E-state index contributed by atoms with van der Waals surface area (Å²) < 4.78 is 24.2. The zero-order valence-corrected chi connectivity index (χ0v) is 13.3. The molecule has 0 aliphatic rings. The summed E-state index contributed by atoms with van der Waals surface area (Å²) in [5.74, 6) is 0. The van der Waals surface area contributed by atoms with Gasteiger partial charge in [0.15, 0.2) is 0 Å². The summed E-state index contributed by atoms with van der Waals surface area (Å²) in [6.07, 6.45) is 3.63. The molecule has 0 amide bonds. The second-order valence-electron chi connectivity index (χ2n) is 4.90. The van der Waals surface area contributed by atoms with Crippen molar-refractivity contribution in [2.75, 3.05) is 0 Å². The van der Waals surface area contributed by atoms with Crippen molar-refractivity contribution in [1.29, 1.82) is 0 Å². The maximum Gasteiger partial charge on any atom is 0.276 e. The molecule has 1 N–H and O–H groups in total. The minimum Gasteiger partial charge on any atom is -0.200 e. The topological polar surface area (TPSA) is 58.5 Å². The highest BCUT2D eigenvalue weighted by Gasteiger charge is 2.11. The Morgan fingerprint density at radius 1 is 1.05 bits per heavy atom. The average molecular weight is 314 g/mol. The molecule has 0 radical (unpaired) electrons. The summed E-state index contributed by atoms with van der Waals surface area (Å²) in [6.45, 7) is 3.64. The van der Waals surface area contributed by atoms with Crippen LogP contribution in [0.15, 0.2) is 70.7 Å². The molecule has 0 saturated heterocycles. The number of nitrogens with one attached hydrogen (secondary N) is 1. The van der Waals surface area contributed by atoms with Gasteiger partial charge in [-0.1, -0.05) is 54.1 Å². The maximum absolute atomic E-state index is 12.1. The molecule has 22 heavy (non-hydrogen) atoms. The van der Waals surface area contributed by atoms with E-state index >= 15 is 0 Å². The molecule has 2 rings (SSSR count). The third-order valence-corrected chi connectivity index (χ3v) is 4.21. The molecule has 0 fully saturated rings. The lowest BCUT2D eigenvalue weighted by molar-refractivity contribution is 0.584. The van der Waals surface area contributed by atoms with Gasteiger partial charge >= 0.3 is 0 Å². The van der Waals surface area contributed by atoms with E-state index < -0.39 is 10.0 Å². The summed E-state index contributed by atoms with van der Waals surface area (Å²) >= 11 is 0. The molecule has 2 aromatic carbocycles. The van der Waals surface area contributed by atoms with Gasteiger partial charge in [-0.15, -0.1) is 0 Å². The van der Waals surface area contributed by atoms with E-state index in [1.54, 1.807) is 37.3 Å². The van der Waals surface area contributed by atoms with E-state index in [0.717, 1.165) is 11.1 Å². The van der Waals surface area contributed by atoms with Gasteiger partial charge < -0.3 is 0 Å². The van der Waals surface area contributed by atoms with Crippen LogP contribution in [0.5, 0.6) is 0 Å². The third kappa shape index (κ3) is 4.56. The van der Waals surface area contributed by atoms with Gasteiger partial charge in [-0.05, 0) is 37.6 Å². The fourth-order valence-electron chi connectivity index (χ4n) is 1.72. The normalized spacial score (nSPS) is 12.5. The molecule has 0 heterocycles. The number of sulfonamides is 1. The van der Waals surface area contributed by atoms with Crippen LogP contribution in [0.25, 0.3) is 6.08 Å². The van der Waals surface area contributed by atoms with Gasteiger partial charge in [-0.2, -0.15) is 18.4 Å². The van der Waals surface area contributed by atoms with Crippen molar-refractivity contribution in [3.05, 3.63) is 71.8 Å². The van der Waals surface area contributed by atoms with Crippen LogP contribution >= 0.6 is 0 Å². The van der Waals surface area contributed by atoms with Gasteiger partial charge in [0.25, 0.3) is 10.0 Å². The Balaban J connectivity index is 2.06. The predicted octanol–water partition coefficient (Wildman–Crippen LogP) is 3.36. The molecule has 0 unspecified atom stereocenters. The smallest absolute Gasteiger partial charge is 0.200 e. The van der Waals surface area contributed by atoms with Crippen LogP contribution in [0.2, 0.25) is 0 Å². The Bertz CT molecular complexity index is 777. The largest absolute Gasteiger partial charge is 0.276 e. The Morgan fingerprint density at radius 2 is 1.68 bits per heavy atom. The van der Waals surface area contributed by atoms with Gasteiger partial charge in [0.1, 0.15) is 0 Å². The van der Waals surface area contributed by atoms with Crippen molar-refractivity contribution in [3.8, 4) is 0 Å². The first-order valence-corrected chi connectivity index (χ1v) is 8.31. The van der Waals surface area contributed by atoms with E-state index in [-0.39, 0.29) is 4.90 Å². The number of hydrogen-bond donors (Lipinski definition) is 1. The SMILES string of the molecule is CC(/C=C/c1ccccc1)=N/NS(=O)(=O)c1ccc(C)cc1. The van der Waals surface area contributed by atoms with Gasteiger partial charge in [-0.25, -0.2) is 0 Å². The Morgan fingerprint density at radius 3 is 2.32 bits per heavy atom. The molecule has 2 aromatic rings. The Hall–Kier alpha value is -2.40. The Kier molecular flexibility index (Phi) is 5.12. The zero-order valence-electron chi connectivity index (χ0n) is 12.5. The minimum absolute atomic E-state index is 0.196. The first-order valence-electron chi connectivity index (χ1n) is 6.83. The van der Waals surface area contributed by atoms with E-state index in [0.29, 0.717) is 5.71 Å². The van der Waals surface area contributed by atoms with Crippen LogP contribution in [0.1, 0.15) is 18.1 Å². The predicted molar refractivity (Wildman–Crippen MR) is 90.1 cm³/mol. The molecular formula is C17H18N2O2S. The number of allylic oxidation sites excluding steroid dienone is 1. The monoisotopic (exact) mass is 314 g/mol. The second kappa shape index (κ2) is 7.04. The summed E-state index contributed by atoms with van der Waals surface area (Å²) in [6, 6.07) is 16.3. The quantitative estimate of drug-likeness (QED) is 0.679.